The van der Waals surface area contributed by atoms with E-state index < -0.39 is 0 Å². The molecule has 1 fully saturated rings. The second kappa shape index (κ2) is 8.87. The van der Waals surface area contributed by atoms with Gasteiger partial charge in [-0.15, -0.1) is 16.4 Å². The number of piperidine rings is 1. The van der Waals surface area contributed by atoms with Crippen LogP contribution < -0.4 is 9.64 Å². The van der Waals surface area contributed by atoms with Crippen molar-refractivity contribution in [3.05, 3.63) is 53.2 Å². The summed E-state index contributed by atoms with van der Waals surface area (Å²) in [7, 11) is 1.64. The number of hydrogen-bond acceptors (Lipinski definition) is 7. The number of aromatic nitrogens is 6. The van der Waals surface area contributed by atoms with Gasteiger partial charge >= 0.3 is 0 Å². The average molecular weight is 476 g/mol. The summed E-state index contributed by atoms with van der Waals surface area (Å²) < 4.78 is 9.59. The fourth-order valence-corrected chi connectivity index (χ4v) is 6.19. The van der Waals surface area contributed by atoms with Gasteiger partial charge in [0.1, 0.15) is 17.2 Å². The van der Waals surface area contributed by atoms with E-state index in [1.165, 1.54) is 42.2 Å². The molecule has 0 bridgehead atoms. The Kier molecular flexibility index (Phi) is 5.57. The van der Waals surface area contributed by atoms with Crippen molar-refractivity contribution in [3.8, 4) is 23.1 Å². The summed E-state index contributed by atoms with van der Waals surface area (Å²) in [6, 6.07) is 8.55. The van der Waals surface area contributed by atoms with E-state index in [0.29, 0.717) is 11.7 Å². The number of methoxy groups -OCH3 is 1. The molecule has 6 rings (SSSR count). The standard InChI is InChI=1S/C25H29N7OS/c1-17-15-31(16-26-17)20-9-8-19(27-25(20)33-2)23-28-24-18(7-6-14-32(24)29-23)21-10-11-22(34-21)30-12-4-3-5-13-30/h8-11,15-16,18H,3-7,12-14H2,1-2H3/t18-/m1/s1. The Morgan fingerprint density at radius 1 is 1.00 bits per heavy atom. The van der Waals surface area contributed by atoms with E-state index in [0.717, 1.165) is 42.3 Å². The van der Waals surface area contributed by atoms with Crippen molar-refractivity contribution in [2.45, 2.75) is 51.5 Å². The zero-order valence-corrected chi connectivity index (χ0v) is 20.5. The lowest BCUT2D eigenvalue weighted by Crippen LogP contribution is -2.28. The van der Waals surface area contributed by atoms with Gasteiger partial charge in [-0.05, 0) is 63.3 Å². The molecule has 4 aromatic heterocycles. The maximum atomic E-state index is 5.60. The lowest BCUT2D eigenvalue weighted by molar-refractivity contribution is 0.396. The number of pyridine rings is 1. The number of ether oxygens (including phenoxy) is 1. The highest BCUT2D eigenvalue weighted by molar-refractivity contribution is 7.16. The first kappa shape index (κ1) is 21.3. The molecule has 176 valence electrons. The van der Waals surface area contributed by atoms with Crippen LogP contribution >= 0.6 is 11.3 Å². The first-order valence-corrected chi connectivity index (χ1v) is 12.9. The number of anilines is 1. The van der Waals surface area contributed by atoms with E-state index in [1.807, 2.05) is 41.2 Å². The van der Waals surface area contributed by atoms with Gasteiger partial charge in [-0.1, -0.05) is 0 Å². The summed E-state index contributed by atoms with van der Waals surface area (Å²) >= 11 is 1.92. The summed E-state index contributed by atoms with van der Waals surface area (Å²) in [6.45, 7) is 5.21. The second-order valence-electron chi connectivity index (χ2n) is 9.08. The molecule has 0 saturated carbocycles. The minimum absolute atomic E-state index is 0.286. The normalized spacial score (nSPS) is 18.2. The van der Waals surface area contributed by atoms with E-state index in [2.05, 4.69) is 26.7 Å². The number of aryl methyl sites for hydroxylation is 2. The van der Waals surface area contributed by atoms with Crippen LogP contribution in [0.2, 0.25) is 0 Å². The van der Waals surface area contributed by atoms with Gasteiger partial charge in [-0.25, -0.2) is 19.6 Å². The molecule has 0 amide bonds. The molecule has 0 N–H and O–H groups in total. The third-order valence-corrected chi connectivity index (χ3v) is 8.01. The summed E-state index contributed by atoms with van der Waals surface area (Å²) in [5, 5.41) is 6.23. The third-order valence-electron chi connectivity index (χ3n) is 6.75. The molecular weight excluding hydrogens is 446 g/mol. The summed E-state index contributed by atoms with van der Waals surface area (Å²) in [5.41, 5.74) is 2.51. The van der Waals surface area contributed by atoms with Gasteiger partial charge < -0.3 is 14.2 Å². The molecular formula is C25H29N7OS. The molecule has 2 aliphatic rings. The van der Waals surface area contributed by atoms with E-state index in [1.54, 1.807) is 13.4 Å². The van der Waals surface area contributed by atoms with E-state index in [9.17, 15) is 0 Å². The molecule has 0 unspecified atom stereocenters. The predicted molar refractivity (Wildman–Crippen MR) is 133 cm³/mol. The molecule has 0 aromatic carbocycles. The van der Waals surface area contributed by atoms with Gasteiger partial charge in [0.25, 0.3) is 0 Å². The van der Waals surface area contributed by atoms with Gasteiger partial charge in [0, 0.05) is 30.7 Å². The van der Waals surface area contributed by atoms with Crippen molar-refractivity contribution in [3.63, 3.8) is 0 Å². The summed E-state index contributed by atoms with van der Waals surface area (Å²) in [5.74, 6) is 2.52. The minimum atomic E-state index is 0.286. The fourth-order valence-electron chi connectivity index (χ4n) is 5.00. The highest BCUT2D eigenvalue weighted by Crippen LogP contribution is 2.40. The lowest BCUT2D eigenvalue weighted by atomic mass is 9.97. The van der Waals surface area contributed by atoms with Crippen LogP contribution in [0.15, 0.2) is 36.8 Å². The molecule has 0 aliphatic carbocycles. The molecule has 8 nitrogen and oxygen atoms in total. The maximum Gasteiger partial charge on any atom is 0.238 e. The van der Waals surface area contributed by atoms with Crippen LogP contribution in [0.3, 0.4) is 0 Å². The van der Waals surface area contributed by atoms with Crippen molar-refractivity contribution in [1.82, 2.24) is 29.3 Å². The smallest absolute Gasteiger partial charge is 0.238 e. The Morgan fingerprint density at radius 3 is 2.68 bits per heavy atom. The molecule has 4 aromatic rings. The largest absolute Gasteiger partial charge is 0.479 e. The number of fused-ring (bicyclic) bond motifs is 1. The topological polar surface area (TPSA) is 73.9 Å². The van der Waals surface area contributed by atoms with Crippen LogP contribution in [0.1, 0.15) is 54.4 Å². The highest BCUT2D eigenvalue weighted by Gasteiger charge is 2.28. The van der Waals surface area contributed by atoms with Crippen molar-refractivity contribution in [2.24, 2.45) is 0 Å². The molecule has 9 heteroatoms. The van der Waals surface area contributed by atoms with Gasteiger partial charge in [0.2, 0.25) is 5.88 Å². The number of thiophene rings is 1. The molecule has 1 saturated heterocycles. The van der Waals surface area contributed by atoms with Crippen molar-refractivity contribution in [2.75, 3.05) is 25.1 Å². The Morgan fingerprint density at radius 2 is 1.88 bits per heavy atom. The third kappa shape index (κ3) is 3.87. The van der Waals surface area contributed by atoms with Crippen LogP contribution in [0.25, 0.3) is 17.2 Å². The van der Waals surface area contributed by atoms with Gasteiger partial charge in [-0.2, -0.15) is 0 Å². The molecule has 6 heterocycles. The van der Waals surface area contributed by atoms with Gasteiger partial charge in [0.05, 0.1) is 30.1 Å². The number of nitrogens with zero attached hydrogens (tertiary/aromatic N) is 7. The zero-order valence-electron chi connectivity index (χ0n) is 19.6. The quantitative estimate of drug-likeness (QED) is 0.412. The van der Waals surface area contributed by atoms with Crippen LogP contribution in [0, 0.1) is 6.92 Å². The number of hydrogen-bond donors (Lipinski definition) is 0. The molecule has 2 aliphatic heterocycles. The minimum Gasteiger partial charge on any atom is -0.479 e. The molecule has 1 atom stereocenters. The molecule has 34 heavy (non-hydrogen) atoms. The first-order chi connectivity index (χ1) is 16.7. The Labute approximate surface area is 203 Å². The number of rotatable bonds is 5. The maximum absolute atomic E-state index is 5.60. The average Bonchev–Trinajstić information content (AvgIpc) is 3.63. The van der Waals surface area contributed by atoms with E-state index in [4.69, 9.17) is 19.8 Å². The van der Waals surface area contributed by atoms with E-state index >= 15 is 0 Å². The van der Waals surface area contributed by atoms with E-state index in [-0.39, 0.29) is 5.92 Å². The first-order valence-electron chi connectivity index (χ1n) is 12.1. The van der Waals surface area contributed by atoms with Crippen molar-refractivity contribution >= 4 is 16.3 Å². The molecule has 0 spiro atoms. The Hall–Kier alpha value is -3.20. The van der Waals surface area contributed by atoms with Crippen LogP contribution in [-0.4, -0.2) is 49.5 Å². The van der Waals surface area contributed by atoms with Crippen LogP contribution in [0.5, 0.6) is 5.88 Å². The van der Waals surface area contributed by atoms with Crippen molar-refractivity contribution < 1.29 is 4.74 Å². The number of imidazole rings is 1. The molecule has 0 radical (unpaired) electrons. The monoisotopic (exact) mass is 475 g/mol. The SMILES string of the molecule is COc1nc(-c2nc3n(n2)CCC[C@@H]3c2ccc(N3CCCCC3)s2)ccc1-n1cnc(C)c1. The van der Waals surface area contributed by atoms with Gasteiger partial charge in [-0.3, -0.25) is 0 Å². The predicted octanol–water partition coefficient (Wildman–Crippen LogP) is 4.82. The Balaban J connectivity index is 1.30. The van der Waals surface area contributed by atoms with Crippen molar-refractivity contribution in [1.29, 1.82) is 0 Å². The fraction of sp³-hybridized carbons (Fsp3) is 0.440. The summed E-state index contributed by atoms with van der Waals surface area (Å²) in [4.78, 5) is 18.0. The summed E-state index contributed by atoms with van der Waals surface area (Å²) in [6.07, 6.45) is 9.88. The second-order valence-corrected chi connectivity index (χ2v) is 10.2. The zero-order chi connectivity index (χ0) is 23.1. The van der Waals surface area contributed by atoms with Crippen LogP contribution in [-0.2, 0) is 6.54 Å². The van der Waals surface area contributed by atoms with Crippen LogP contribution in [0.4, 0.5) is 5.00 Å². The highest BCUT2D eigenvalue weighted by atomic mass is 32.1. The lowest BCUT2D eigenvalue weighted by Gasteiger charge is -2.27. The van der Waals surface area contributed by atoms with Gasteiger partial charge in [0.15, 0.2) is 5.82 Å². The Bertz CT molecular complexity index is 1300.